The van der Waals surface area contributed by atoms with E-state index in [1.165, 1.54) is 0 Å². The van der Waals surface area contributed by atoms with Crippen LogP contribution in [-0.4, -0.2) is 40.1 Å². The van der Waals surface area contributed by atoms with Gasteiger partial charge in [-0.1, -0.05) is 30.3 Å². The lowest BCUT2D eigenvalue weighted by Gasteiger charge is -2.46. The van der Waals surface area contributed by atoms with Crippen LogP contribution < -0.4 is 5.32 Å². The molecule has 8 heteroatoms. The van der Waals surface area contributed by atoms with Crippen molar-refractivity contribution in [3.63, 3.8) is 0 Å². The standard InChI is InChI=1S/C22H21F2N3O2S/c23-16-6-7-18(24)17(12-16)21(29)26-22(15-4-2-1-3-5-15)8-10-27(13-19(22)28)14-20-25-9-11-30-20/h1-7,9,11-12,19,28H,8,10,13-14H2,(H,26,29)/t19-,22+/m1/s1. The van der Waals surface area contributed by atoms with Crippen LogP contribution in [0.15, 0.2) is 60.1 Å². The zero-order chi connectivity index (χ0) is 21.1. The van der Waals surface area contributed by atoms with Crippen LogP contribution in [0.4, 0.5) is 8.78 Å². The van der Waals surface area contributed by atoms with E-state index >= 15 is 0 Å². The zero-order valence-corrected chi connectivity index (χ0v) is 16.9. The molecule has 0 saturated carbocycles. The SMILES string of the molecule is O=C(N[C@]1(c2ccccc2)CCN(Cc2nccs2)C[C@H]1O)c1cc(F)ccc1F. The highest BCUT2D eigenvalue weighted by Crippen LogP contribution is 2.34. The maximum Gasteiger partial charge on any atom is 0.255 e. The number of likely N-dealkylation sites (tertiary alicyclic amines) is 1. The third-order valence-corrected chi connectivity index (χ3v) is 6.23. The molecule has 4 rings (SSSR count). The minimum absolute atomic E-state index is 0.306. The number of aliphatic hydroxyl groups is 1. The number of piperidine rings is 1. The lowest BCUT2D eigenvalue weighted by Crippen LogP contribution is -2.61. The second-order valence-electron chi connectivity index (χ2n) is 7.34. The van der Waals surface area contributed by atoms with Crippen molar-refractivity contribution < 1.29 is 18.7 Å². The van der Waals surface area contributed by atoms with Crippen molar-refractivity contribution in [1.29, 1.82) is 0 Å². The lowest BCUT2D eigenvalue weighted by molar-refractivity contribution is -0.0181. The zero-order valence-electron chi connectivity index (χ0n) is 16.1. The number of halogens is 2. The summed E-state index contributed by atoms with van der Waals surface area (Å²) in [6, 6.07) is 11.9. The van der Waals surface area contributed by atoms with E-state index in [0.717, 1.165) is 28.8 Å². The number of hydrogen-bond acceptors (Lipinski definition) is 5. The summed E-state index contributed by atoms with van der Waals surface area (Å²) in [5.41, 5.74) is -0.782. The Balaban J connectivity index is 1.62. The van der Waals surface area contributed by atoms with Gasteiger partial charge in [-0.25, -0.2) is 13.8 Å². The number of nitrogens with one attached hydrogen (secondary N) is 1. The summed E-state index contributed by atoms with van der Waals surface area (Å²) >= 11 is 1.54. The number of β-amino-alcohol motifs (C(OH)–C–C–N with tert-alkyl or cyclic N) is 1. The molecular formula is C22H21F2N3O2S. The number of nitrogens with zero attached hydrogens (tertiary/aromatic N) is 2. The second kappa shape index (κ2) is 8.59. The predicted molar refractivity (Wildman–Crippen MR) is 110 cm³/mol. The molecule has 1 aliphatic rings. The number of aliphatic hydroxyl groups excluding tert-OH is 1. The maximum absolute atomic E-state index is 14.2. The third kappa shape index (κ3) is 4.12. The summed E-state index contributed by atoms with van der Waals surface area (Å²) in [5.74, 6) is -2.27. The van der Waals surface area contributed by atoms with Crippen molar-refractivity contribution in [1.82, 2.24) is 15.2 Å². The number of carbonyl (C=O) groups excluding carboxylic acids is 1. The monoisotopic (exact) mass is 429 g/mol. The van der Waals surface area contributed by atoms with E-state index in [1.807, 2.05) is 35.7 Å². The number of amides is 1. The van der Waals surface area contributed by atoms with Crippen molar-refractivity contribution in [2.24, 2.45) is 0 Å². The summed E-state index contributed by atoms with van der Waals surface area (Å²) in [6.07, 6.45) is 1.20. The minimum Gasteiger partial charge on any atom is -0.389 e. The first-order chi connectivity index (χ1) is 14.5. The van der Waals surface area contributed by atoms with Crippen LogP contribution in [0.2, 0.25) is 0 Å². The average Bonchev–Trinajstić information content (AvgIpc) is 3.25. The van der Waals surface area contributed by atoms with Crippen molar-refractivity contribution in [2.45, 2.75) is 24.6 Å². The molecule has 30 heavy (non-hydrogen) atoms. The molecule has 5 nitrogen and oxygen atoms in total. The molecule has 1 amide bonds. The summed E-state index contributed by atoms with van der Waals surface area (Å²) in [4.78, 5) is 19.3. The molecule has 1 aromatic heterocycles. The first kappa shape index (κ1) is 20.6. The van der Waals surface area contributed by atoms with Gasteiger partial charge in [0.25, 0.3) is 5.91 Å². The Morgan fingerprint density at radius 2 is 2.07 bits per heavy atom. The van der Waals surface area contributed by atoms with Gasteiger partial charge in [0.15, 0.2) is 0 Å². The molecule has 0 radical (unpaired) electrons. The number of aromatic nitrogens is 1. The fraction of sp³-hybridized carbons (Fsp3) is 0.273. The van der Waals surface area contributed by atoms with Gasteiger partial charge < -0.3 is 10.4 Å². The third-order valence-electron chi connectivity index (χ3n) is 5.46. The van der Waals surface area contributed by atoms with Crippen molar-refractivity contribution in [3.8, 4) is 0 Å². The lowest BCUT2D eigenvalue weighted by atomic mass is 9.78. The number of thiazole rings is 1. The highest BCUT2D eigenvalue weighted by Gasteiger charge is 2.45. The highest BCUT2D eigenvalue weighted by atomic mass is 32.1. The molecule has 0 bridgehead atoms. The van der Waals surface area contributed by atoms with Crippen LogP contribution in [0.5, 0.6) is 0 Å². The van der Waals surface area contributed by atoms with Gasteiger partial charge in [0.05, 0.1) is 23.8 Å². The second-order valence-corrected chi connectivity index (χ2v) is 8.32. The Kier molecular flexibility index (Phi) is 5.90. The fourth-order valence-electron chi connectivity index (χ4n) is 3.89. The summed E-state index contributed by atoms with van der Waals surface area (Å²) in [6.45, 7) is 1.50. The summed E-state index contributed by atoms with van der Waals surface area (Å²) in [5, 5.41) is 16.8. The Morgan fingerprint density at radius 3 is 2.77 bits per heavy atom. The van der Waals surface area contributed by atoms with Crippen molar-refractivity contribution in [3.05, 3.63) is 87.9 Å². The topological polar surface area (TPSA) is 65.5 Å². The average molecular weight is 429 g/mol. The van der Waals surface area contributed by atoms with E-state index in [1.54, 1.807) is 17.5 Å². The number of hydrogen-bond donors (Lipinski definition) is 2. The molecule has 2 N–H and O–H groups in total. The first-order valence-corrected chi connectivity index (χ1v) is 10.5. The molecule has 1 saturated heterocycles. The number of carbonyl (C=O) groups is 1. The summed E-state index contributed by atoms with van der Waals surface area (Å²) < 4.78 is 27.8. The Labute approximate surface area is 177 Å². The van der Waals surface area contributed by atoms with E-state index in [9.17, 15) is 18.7 Å². The van der Waals surface area contributed by atoms with Gasteiger partial charge in [-0.3, -0.25) is 9.69 Å². The van der Waals surface area contributed by atoms with E-state index in [-0.39, 0.29) is 5.56 Å². The molecule has 3 aromatic rings. The van der Waals surface area contributed by atoms with Crippen molar-refractivity contribution in [2.75, 3.05) is 13.1 Å². The Bertz CT molecular complexity index is 1020. The van der Waals surface area contributed by atoms with Gasteiger partial charge in [-0.05, 0) is 30.2 Å². The Morgan fingerprint density at radius 1 is 1.27 bits per heavy atom. The first-order valence-electron chi connectivity index (χ1n) is 9.60. The molecule has 156 valence electrons. The van der Waals surface area contributed by atoms with Gasteiger partial charge >= 0.3 is 0 Å². The van der Waals surface area contributed by atoms with Crippen molar-refractivity contribution >= 4 is 17.2 Å². The quantitative estimate of drug-likeness (QED) is 0.653. The molecule has 2 atom stereocenters. The normalized spacial score (nSPS) is 22.0. The molecule has 0 spiro atoms. The van der Waals surface area contributed by atoms with E-state index in [0.29, 0.717) is 26.1 Å². The van der Waals surface area contributed by atoms with Gasteiger partial charge in [-0.15, -0.1) is 11.3 Å². The van der Waals surface area contributed by atoms with Crippen LogP contribution in [0, 0.1) is 11.6 Å². The largest absolute Gasteiger partial charge is 0.389 e. The van der Waals surface area contributed by atoms with Gasteiger partial charge in [0, 0.05) is 24.7 Å². The number of rotatable bonds is 5. The maximum atomic E-state index is 14.2. The van der Waals surface area contributed by atoms with E-state index in [2.05, 4.69) is 15.2 Å². The van der Waals surface area contributed by atoms with Crippen LogP contribution in [0.3, 0.4) is 0 Å². The molecule has 2 aromatic carbocycles. The molecule has 1 fully saturated rings. The highest BCUT2D eigenvalue weighted by molar-refractivity contribution is 7.09. The molecule has 0 unspecified atom stereocenters. The van der Waals surface area contributed by atoms with Crippen LogP contribution >= 0.6 is 11.3 Å². The fourth-order valence-corrected chi connectivity index (χ4v) is 4.55. The van der Waals surface area contributed by atoms with Crippen LogP contribution in [0.1, 0.15) is 27.3 Å². The Hall–Kier alpha value is -2.68. The summed E-state index contributed by atoms with van der Waals surface area (Å²) in [7, 11) is 0. The van der Waals surface area contributed by atoms with Crippen LogP contribution in [-0.2, 0) is 12.1 Å². The van der Waals surface area contributed by atoms with E-state index < -0.39 is 29.2 Å². The predicted octanol–water partition coefficient (Wildman–Crippen LogP) is 3.31. The molecular weight excluding hydrogens is 408 g/mol. The molecule has 1 aliphatic heterocycles. The smallest absolute Gasteiger partial charge is 0.255 e. The molecule has 0 aliphatic carbocycles. The van der Waals surface area contributed by atoms with Gasteiger partial charge in [-0.2, -0.15) is 0 Å². The van der Waals surface area contributed by atoms with E-state index in [4.69, 9.17) is 0 Å². The van der Waals surface area contributed by atoms with Gasteiger partial charge in [0.2, 0.25) is 0 Å². The minimum atomic E-state index is -1.11. The molecule has 2 heterocycles. The van der Waals surface area contributed by atoms with Gasteiger partial charge in [0.1, 0.15) is 16.6 Å². The van der Waals surface area contributed by atoms with Crippen LogP contribution in [0.25, 0.3) is 0 Å². The number of benzene rings is 2.